The van der Waals surface area contributed by atoms with Gasteiger partial charge in [0, 0.05) is 28.7 Å². The van der Waals surface area contributed by atoms with E-state index in [4.69, 9.17) is 11.6 Å². The van der Waals surface area contributed by atoms with Crippen LogP contribution in [-0.2, 0) is 17.9 Å². The van der Waals surface area contributed by atoms with E-state index in [0.29, 0.717) is 16.4 Å². The Morgan fingerprint density at radius 1 is 1.19 bits per heavy atom. The zero-order valence-corrected chi connectivity index (χ0v) is 15.2. The largest absolute Gasteiger partial charge is 0.334 e. The van der Waals surface area contributed by atoms with Crippen LogP contribution in [0.5, 0.6) is 0 Å². The number of aromatic nitrogens is 4. The molecule has 4 rings (SSSR count). The van der Waals surface area contributed by atoms with Gasteiger partial charge in [-0.05, 0) is 48.4 Å². The number of hydrogen-bond acceptors (Lipinski definition) is 4. The van der Waals surface area contributed by atoms with Crippen molar-refractivity contribution in [2.75, 3.05) is 0 Å². The minimum Gasteiger partial charge on any atom is -0.334 e. The number of hydrogen-bond donors (Lipinski definition) is 0. The molecule has 138 valence electrons. The predicted molar refractivity (Wildman–Crippen MR) is 98.2 cm³/mol. The topological polar surface area (TPSA) is 63.9 Å². The molecule has 0 aliphatic heterocycles. The summed E-state index contributed by atoms with van der Waals surface area (Å²) in [5.41, 5.74) is 1.27. The van der Waals surface area contributed by atoms with Crippen molar-refractivity contribution in [3.05, 3.63) is 64.9 Å². The van der Waals surface area contributed by atoms with Gasteiger partial charge in [0.1, 0.15) is 12.4 Å². The van der Waals surface area contributed by atoms with Gasteiger partial charge in [0.05, 0.1) is 0 Å². The van der Waals surface area contributed by atoms with Crippen molar-refractivity contribution >= 4 is 17.5 Å². The third-order valence-corrected chi connectivity index (χ3v) is 4.69. The highest BCUT2D eigenvalue weighted by molar-refractivity contribution is 6.30. The quantitative estimate of drug-likeness (QED) is 0.653. The first kappa shape index (κ1) is 17.6. The lowest BCUT2D eigenvalue weighted by Gasteiger charge is -2.22. The second kappa shape index (κ2) is 7.44. The van der Waals surface area contributed by atoms with E-state index in [9.17, 15) is 9.18 Å². The molecule has 1 aliphatic rings. The molecule has 1 aliphatic carbocycles. The lowest BCUT2D eigenvalue weighted by Crippen LogP contribution is -2.36. The summed E-state index contributed by atoms with van der Waals surface area (Å²) in [6, 6.07) is 13.7. The Kier molecular flexibility index (Phi) is 4.85. The van der Waals surface area contributed by atoms with Gasteiger partial charge in [0.15, 0.2) is 0 Å². The first-order valence-corrected chi connectivity index (χ1v) is 9.04. The van der Waals surface area contributed by atoms with Gasteiger partial charge in [0.2, 0.25) is 11.7 Å². The summed E-state index contributed by atoms with van der Waals surface area (Å²) >= 11 is 5.88. The first-order valence-electron chi connectivity index (χ1n) is 8.67. The molecular formula is C19H17ClFN5O. The molecule has 1 aromatic heterocycles. The van der Waals surface area contributed by atoms with E-state index in [-0.39, 0.29) is 30.9 Å². The van der Waals surface area contributed by atoms with Gasteiger partial charge >= 0.3 is 0 Å². The molecule has 2 aromatic carbocycles. The predicted octanol–water partition coefficient (Wildman–Crippen LogP) is 3.32. The van der Waals surface area contributed by atoms with Gasteiger partial charge in [-0.25, -0.2) is 4.39 Å². The second-order valence-corrected chi connectivity index (χ2v) is 6.93. The Bertz CT molecular complexity index is 955. The Balaban J connectivity index is 1.47. The van der Waals surface area contributed by atoms with E-state index >= 15 is 0 Å². The Morgan fingerprint density at radius 2 is 1.93 bits per heavy atom. The molecule has 1 amide bonds. The minimum atomic E-state index is -0.306. The number of carbonyl (C=O) groups excluding carboxylic acids is 1. The van der Waals surface area contributed by atoms with E-state index in [1.165, 1.54) is 10.9 Å². The summed E-state index contributed by atoms with van der Waals surface area (Å²) in [6.07, 6.45) is 1.86. The lowest BCUT2D eigenvalue weighted by molar-refractivity contribution is -0.133. The summed E-state index contributed by atoms with van der Waals surface area (Å²) in [5.74, 6) is -0.0350. The van der Waals surface area contributed by atoms with Crippen LogP contribution in [0, 0.1) is 5.82 Å². The maximum Gasteiger partial charge on any atom is 0.246 e. The van der Waals surface area contributed by atoms with Crippen LogP contribution in [0.15, 0.2) is 48.5 Å². The number of amides is 1. The molecule has 27 heavy (non-hydrogen) atoms. The third kappa shape index (κ3) is 4.14. The fourth-order valence-electron chi connectivity index (χ4n) is 2.85. The number of tetrazole rings is 1. The first-order chi connectivity index (χ1) is 13.1. The molecule has 3 aromatic rings. The molecule has 0 bridgehead atoms. The summed E-state index contributed by atoms with van der Waals surface area (Å²) in [4.78, 5) is 15.7. The molecule has 0 atom stereocenters. The van der Waals surface area contributed by atoms with Gasteiger partial charge in [-0.3, -0.25) is 4.79 Å². The van der Waals surface area contributed by atoms with Crippen molar-refractivity contribution in [1.82, 2.24) is 25.1 Å². The van der Waals surface area contributed by atoms with E-state index < -0.39 is 0 Å². The van der Waals surface area contributed by atoms with Gasteiger partial charge in [0.25, 0.3) is 0 Å². The molecule has 8 heteroatoms. The van der Waals surface area contributed by atoms with E-state index in [2.05, 4.69) is 15.4 Å². The molecule has 0 unspecified atom stereocenters. The van der Waals surface area contributed by atoms with Gasteiger partial charge in [-0.2, -0.15) is 4.80 Å². The third-order valence-electron chi connectivity index (χ3n) is 4.44. The van der Waals surface area contributed by atoms with Crippen LogP contribution in [-0.4, -0.2) is 37.1 Å². The number of rotatable bonds is 6. The van der Waals surface area contributed by atoms with E-state index in [1.54, 1.807) is 47.4 Å². The standard InChI is InChI=1S/C19H17ClFN5O/c20-15-7-5-13(6-8-15)19-22-24-26(23-19)12-18(27)25(16-9-10-16)11-14-3-1-2-4-17(14)21/h1-8,16H,9-12H2. The molecule has 1 fully saturated rings. The van der Waals surface area contributed by atoms with Crippen molar-refractivity contribution < 1.29 is 9.18 Å². The molecule has 1 saturated carbocycles. The summed E-state index contributed by atoms with van der Waals surface area (Å²) in [6.45, 7) is 0.209. The van der Waals surface area contributed by atoms with Crippen LogP contribution in [0.4, 0.5) is 4.39 Å². The van der Waals surface area contributed by atoms with Gasteiger partial charge in [-0.15, -0.1) is 10.2 Å². The molecule has 0 radical (unpaired) electrons. The summed E-state index contributed by atoms with van der Waals surface area (Å²) in [5, 5.41) is 12.8. The van der Waals surface area contributed by atoms with Crippen molar-refractivity contribution in [2.45, 2.75) is 32.0 Å². The zero-order chi connectivity index (χ0) is 18.8. The number of nitrogens with zero attached hydrogens (tertiary/aromatic N) is 5. The van der Waals surface area contributed by atoms with Crippen molar-refractivity contribution in [1.29, 1.82) is 0 Å². The lowest BCUT2D eigenvalue weighted by atomic mass is 10.2. The fraction of sp³-hybridized carbons (Fsp3) is 0.263. The Labute approximate surface area is 160 Å². The highest BCUT2D eigenvalue weighted by atomic mass is 35.5. The average molecular weight is 386 g/mol. The molecule has 0 saturated heterocycles. The van der Waals surface area contributed by atoms with E-state index in [1.807, 2.05) is 0 Å². The monoisotopic (exact) mass is 385 g/mol. The summed E-state index contributed by atoms with van der Waals surface area (Å²) < 4.78 is 14.0. The van der Waals surface area contributed by atoms with Gasteiger partial charge in [-0.1, -0.05) is 29.8 Å². The highest BCUT2D eigenvalue weighted by Gasteiger charge is 2.33. The van der Waals surface area contributed by atoms with Crippen LogP contribution in [0.3, 0.4) is 0 Å². The number of benzene rings is 2. The van der Waals surface area contributed by atoms with Crippen molar-refractivity contribution in [3.8, 4) is 11.4 Å². The van der Waals surface area contributed by atoms with Crippen molar-refractivity contribution in [3.63, 3.8) is 0 Å². The SMILES string of the molecule is O=C(Cn1nnc(-c2ccc(Cl)cc2)n1)N(Cc1ccccc1F)C1CC1. The number of carbonyl (C=O) groups is 1. The maximum atomic E-state index is 14.0. The smallest absolute Gasteiger partial charge is 0.246 e. The average Bonchev–Trinajstić information content (AvgIpc) is 3.40. The zero-order valence-electron chi connectivity index (χ0n) is 14.4. The Morgan fingerprint density at radius 3 is 2.63 bits per heavy atom. The maximum absolute atomic E-state index is 14.0. The molecule has 0 spiro atoms. The minimum absolute atomic E-state index is 0.0362. The van der Waals surface area contributed by atoms with Gasteiger partial charge < -0.3 is 4.90 Å². The molecule has 0 N–H and O–H groups in total. The van der Waals surface area contributed by atoms with E-state index in [0.717, 1.165) is 18.4 Å². The van der Waals surface area contributed by atoms with Crippen LogP contribution < -0.4 is 0 Å². The summed E-state index contributed by atoms with van der Waals surface area (Å²) in [7, 11) is 0. The molecule has 6 nitrogen and oxygen atoms in total. The highest BCUT2D eigenvalue weighted by Crippen LogP contribution is 2.29. The number of halogens is 2. The van der Waals surface area contributed by atoms with Crippen LogP contribution in [0.1, 0.15) is 18.4 Å². The van der Waals surface area contributed by atoms with Crippen LogP contribution >= 0.6 is 11.6 Å². The normalized spacial score (nSPS) is 13.6. The Hall–Kier alpha value is -2.80. The van der Waals surface area contributed by atoms with Crippen LogP contribution in [0.2, 0.25) is 5.02 Å². The van der Waals surface area contributed by atoms with Crippen LogP contribution in [0.25, 0.3) is 11.4 Å². The fourth-order valence-corrected chi connectivity index (χ4v) is 2.98. The second-order valence-electron chi connectivity index (χ2n) is 6.49. The van der Waals surface area contributed by atoms with Crippen molar-refractivity contribution in [2.24, 2.45) is 0 Å². The molecular weight excluding hydrogens is 369 g/mol. The molecule has 1 heterocycles.